The summed E-state index contributed by atoms with van der Waals surface area (Å²) in [4.78, 5) is 10.3. The van der Waals surface area contributed by atoms with Gasteiger partial charge in [-0.25, -0.2) is 4.98 Å². The van der Waals surface area contributed by atoms with Gasteiger partial charge in [-0.1, -0.05) is 0 Å². The van der Waals surface area contributed by atoms with E-state index in [1.165, 1.54) is 29.0 Å². The van der Waals surface area contributed by atoms with Gasteiger partial charge in [0.25, 0.3) is 0 Å². The molecule has 2 heterocycles. The van der Waals surface area contributed by atoms with E-state index in [1.54, 1.807) is 11.3 Å². The van der Waals surface area contributed by atoms with Crippen molar-refractivity contribution in [3.8, 4) is 10.7 Å². The summed E-state index contributed by atoms with van der Waals surface area (Å²) in [6, 6.07) is 4.08. The zero-order valence-electron chi connectivity index (χ0n) is 9.81. The monoisotopic (exact) mass is 245 g/mol. The SMILES string of the molecule is Cc1ccnc(-c2nc(C3CC3)c(CN)s2)c1. The van der Waals surface area contributed by atoms with E-state index in [9.17, 15) is 0 Å². The molecule has 2 aromatic rings. The lowest BCUT2D eigenvalue weighted by Gasteiger charge is -1.96. The van der Waals surface area contributed by atoms with E-state index >= 15 is 0 Å². The number of pyridine rings is 1. The Morgan fingerprint density at radius 2 is 2.29 bits per heavy atom. The first-order valence-electron chi connectivity index (χ1n) is 5.90. The van der Waals surface area contributed by atoms with Crippen molar-refractivity contribution in [2.45, 2.75) is 32.2 Å². The highest BCUT2D eigenvalue weighted by Crippen LogP contribution is 2.43. The number of rotatable bonds is 3. The second-order valence-corrected chi connectivity index (χ2v) is 5.61. The maximum atomic E-state index is 5.79. The van der Waals surface area contributed by atoms with Crippen LogP contribution in [-0.2, 0) is 6.54 Å². The fraction of sp³-hybridized carbons (Fsp3) is 0.385. The van der Waals surface area contributed by atoms with E-state index in [0.717, 1.165) is 10.7 Å². The van der Waals surface area contributed by atoms with Crippen LogP contribution in [0.2, 0.25) is 0 Å². The van der Waals surface area contributed by atoms with E-state index in [2.05, 4.69) is 18.0 Å². The van der Waals surface area contributed by atoms with E-state index in [4.69, 9.17) is 10.7 Å². The van der Waals surface area contributed by atoms with Crippen LogP contribution in [0.25, 0.3) is 10.7 Å². The Bertz CT molecular complexity index is 543. The number of thiazole rings is 1. The Morgan fingerprint density at radius 1 is 1.47 bits per heavy atom. The minimum Gasteiger partial charge on any atom is -0.326 e. The lowest BCUT2D eigenvalue weighted by molar-refractivity contribution is 0.978. The molecule has 0 radical (unpaired) electrons. The van der Waals surface area contributed by atoms with Crippen molar-refractivity contribution in [3.05, 3.63) is 34.5 Å². The van der Waals surface area contributed by atoms with Gasteiger partial charge in [0.2, 0.25) is 0 Å². The van der Waals surface area contributed by atoms with Crippen LogP contribution in [-0.4, -0.2) is 9.97 Å². The minimum atomic E-state index is 0.593. The maximum Gasteiger partial charge on any atom is 0.142 e. The summed E-state index contributed by atoms with van der Waals surface area (Å²) in [5.41, 5.74) is 9.19. The van der Waals surface area contributed by atoms with Crippen molar-refractivity contribution in [2.24, 2.45) is 5.73 Å². The highest BCUT2D eigenvalue weighted by molar-refractivity contribution is 7.15. The predicted molar refractivity (Wildman–Crippen MR) is 69.9 cm³/mol. The van der Waals surface area contributed by atoms with Crippen molar-refractivity contribution in [1.82, 2.24) is 9.97 Å². The molecule has 17 heavy (non-hydrogen) atoms. The molecule has 88 valence electrons. The average Bonchev–Trinajstić information content (AvgIpc) is 3.08. The fourth-order valence-electron chi connectivity index (χ4n) is 1.95. The lowest BCUT2D eigenvalue weighted by Crippen LogP contribution is -1.96. The topological polar surface area (TPSA) is 51.8 Å². The Labute approximate surface area is 105 Å². The van der Waals surface area contributed by atoms with Gasteiger partial charge in [-0.3, -0.25) is 4.98 Å². The normalized spacial score (nSPS) is 15.2. The van der Waals surface area contributed by atoms with Crippen LogP contribution in [0.5, 0.6) is 0 Å². The first-order chi connectivity index (χ1) is 8.28. The smallest absolute Gasteiger partial charge is 0.142 e. The molecular formula is C13H15N3S. The quantitative estimate of drug-likeness (QED) is 0.904. The second kappa shape index (κ2) is 4.20. The highest BCUT2D eigenvalue weighted by atomic mass is 32.1. The van der Waals surface area contributed by atoms with Gasteiger partial charge in [0.05, 0.1) is 11.4 Å². The minimum absolute atomic E-state index is 0.593. The molecule has 0 saturated heterocycles. The lowest BCUT2D eigenvalue weighted by atomic mass is 10.2. The van der Waals surface area contributed by atoms with Crippen LogP contribution in [0.3, 0.4) is 0 Å². The zero-order chi connectivity index (χ0) is 11.8. The molecule has 0 aromatic carbocycles. The van der Waals surface area contributed by atoms with Gasteiger partial charge in [-0.15, -0.1) is 11.3 Å². The predicted octanol–water partition coefficient (Wildman–Crippen LogP) is 2.85. The van der Waals surface area contributed by atoms with Crippen LogP contribution in [0.15, 0.2) is 18.3 Å². The summed E-state index contributed by atoms with van der Waals surface area (Å²) in [6.45, 7) is 2.67. The van der Waals surface area contributed by atoms with Gasteiger partial charge in [0.15, 0.2) is 0 Å². The molecule has 1 aliphatic rings. The van der Waals surface area contributed by atoms with E-state index in [0.29, 0.717) is 12.5 Å². The first-order valence-corrected chi connectivity index (χ1v) is 6.72. The molecule has 2 N–H and O–H groups in total. The molecule has 3 nitrogen and oxygen atoms in total. The largest absolute Gasteiger partial charge is 0.326 e. The zero-order valence-corrected chi connectivity index (χ0v) is 10.6. The average molecular weight is 245 g/mol. The molecule has 0 unspecified atom stereocenters. The highest BCUT2D eigenvalue weighted by Gasteiger charge is 2.29. The Balaban J connectivity index is 2.03. The van der Waals surface area contributed by atoms with Crippen molar-refractivity contribution >= 4 is 11.3 Å². The third kappa shape index (κ3) is 2.10. The van der Waals surface area contributed by atoms with Crippen LogP contribution in [0.1, 0.15) is 34.9 Å². The van der Waals surface area contributed by atoms with Crippen molar-refractivity contribution < 1.29 is 0 Å². The molecule has 0 spiro atoms. The molecule has 0 bridgehead atoms. The number of aryl methyl sites for hydroxylation is 1. The Morgan fingerprint density at radius 3 is 2.94 bits per heavy atom. The summed E-state index contributed by atoms with van der Waals surface area (Å²) < 4.78 is 0. The Kier molecular flexibility index (Phi) is 2.68. The standard InChI is InChI=1S/C13H15N3S/c1-8-4-5-15-10(6-8)13-16-12(9-2-3-9)11(7-14)17-13/h4-6,9H,2-3,7,14H2,1H3. The van der Waals surface area contributed by atoms with E-state index in [1.807, 2.05) is 12.3 Å². The van der Waals surface area contributed by atoms with E-state index < -0.39 is 0 Å². The van der Waals surface area contributed by atoms with Crippen LogP contribution in [0.4, 0.5) is 0 Å². The summed E-state index contributed by atoms with van der Waals surface area (Å²) >= 11 is 1.69. The van der Waals surface area contributed by atoms with Gasteiger partial charge < -0.3 is 5.73 Å². The molecule has 1 aliphatic carbocycles. The number of hydrogen-bond donors (Lipinski definition) is 1. The number of nitrogens with zero attached hydrogens (tertiary/aromatic N) is 2. The number of aromatic nitrogens is 2. The van der Waals surface area contributed by atoms with Gasteiger partial charge in [-0.05, 0) is 37.5 Å². The molecule has 3 rings (SSSR count). The Hall–Kier alpha value is -1.26. The third-order valence-corrected chi connectivity index (χ3v) is 4.13. The van der Waals surface area contributed by atoms with Crippen molar-refractivity contribution in [1.29, 1.82) is 0 Å². The molecule has 2 aromatic heterocycles. The summed E-state index contributed by atoms with van der Waals surface area (Å²) in [5.74, 6) is 0.656. The molecule has 1 fully saturated rings. The summed E-state index contributed by atoms with van der Waals surface area (Å²) in [7, 11) is 0. The van der Waals surface area contributed by atoms with Crippen LogP contribution in [0, 0.1) is 6.92 Å². The summed E-state index contributed by atoms with van der Waals surface area (Å²) in [6.07, 6.45) is 4.36. The van der Waals surface area contributed by atoms with Gasteiger partial charge in [0, 0.05) is 23.5 Å². The summed E-state index contributed by atoms with van der Waals surface area (Å²) in [5, 5.41) is 1.01. The molecule has 0 amide bonds. The number of nitrogens with two attached hydrogens (primary N) is 1. The molecule has 0 aliphatic heterocycles. The maximum absolute atomic E-state index is 5.79. The molecule has 4 heteroatoms. The first kappa shape index (κ1) is 10.9. The molecule has 1 saturated carbocycles. The van der Waals surface area contributed by atoms with Gasteiger partial charge in [-0.2, -0.15) is 0 Å². The second-order valence-electron chi connectivity index (χ2n) is 4.52. The van der Waals surface area contributed by atoms with Gasteiger partial charge in [0.1, 0.15) is 5.01 Å². The van der Waals surface area contributed by atoms with Crippen molar-refractivity contribution in [2.75, 3.05) is 0 Å². The van der Waals surface area contributed by atoms with Crippen molar-refractivity contribution in [3.63, 3.8) is 0 Å². The molecule has 0 atom stereocenters. The van der Waals surface area contributed by atoms with Crippen LogP contribution < -0.4 is 5.73 Å². The number of hydrogen-bond acceptors (Lipinski definition) is 4. The fourth-order valence-corrected chi connectivity index (χ4v) is 2.94. The van der Waals surface area contributed by atoms with Crippen LogP contribution >= 0.6 is 11.3 Å². The van der Waals surface area contributed by atoms with E-state index in [-0.39, 0.29) is 0 Å². The van der Waals surface area contributed by atoms with Gasteiger partial charge >= 0.3 is 0 Å². The molecular weight excluding hydrogens is 230 g/mol. The third-order valence-electron chi connectivity index (χ3n) is 3.01.